The van der Waals surface area contributed by atoms with Crippen molar-refractivity contribution in [3.63, 3.8) is 0 Å². The number of rotatable bonds is 4. The molecule has 0 spiro atoms. The van der Waals surface area contributed by atoms with Crippen LogP contribution in [0, 0.1) is 6.92 Å². The zero-order valence-corrected chi connectivity index (χ0v) is 13.5. The van der Waals surface area contributed by atoms with Crippen LogP contribution in [0.15, 0.2) is 42.5 Å². The standard InChI is InChI=1S/C20H23NO2/c1-14-2-5-16-8-9-19(18(16)12-14)21-13-15-3-6-17(7-4-15)20-22-10-11-23-20/h2-7,12,19-21H,8-11,13H2,1H3/t19-/m0/s1. The first kappa shape index (κ1) is 14.9. The summed E-state index contributed by atoms with van der Waals surface area (Å²) >= 11 is 0. The van der Waals surface area contributed by atoms with E-state index in [0.29, 0.717) is 19.3 Å². The van der Waals surface area contributed by atoms with Crippen LogP contribution >= 0.6 is 0 Å². The molecule has 1 fully saturated rings. The Bertz CT molecular complexity index is 675. The molecule has 2 aliphatic rings. The van der Waals surface area contributed by atoms with Gasteiger partial charge in [-0.15, -0.1) is 0 Å². The largest absolute Gasteiger partial charge is 0.346 e. The zero-order valence-electron chi connectivity index (χ0n) is 13.5. The van der Waals surface area contributed by atoms with Gasteiger partial charge in [-0.25, -0.2) is 0 Å². The third-order valence-corrected chi connectivity index (χ3v) is 4.81. The Labute approximate surface area is 137 Å². The van der Waals surface area contributed by atoms with Crippen LogP contribution in [0.25, 0.3) is 0 Å². The van der Waals surface area contributed by atoms with Gasteiger partial charge in [-0.2, -0.15) is 0 Å². The zero-order chi connectivity index (χ0) is 15.6. The molecule has 0 saturated carbocycles. The Morgan fingerprint density at radius 3 is 2.61 bits per heavy atom. The molecule has 1 atom stereocenters. The molecular weight excluding hydrogens is 286 g/mol. The number of benzene rings is 2. The lowest BCUT2D eigenvalue weighted by Crippen LogP contribution is -2.18. The molecule has 4 rings (SSSR count). The maximum absolute atomic E-state index is 5.53. The summed E-state index contributed by atoms with van der Waals surface area (Å²) in [4.78, 5) is 0. The molecule has 1 aliphatic carbocycles. The van der Waals surface area contributed by atoms with Crippen LogP contribution in [-0.4, -0.2) is 13.2 Å². The monoisotopic (exact) mass is 309 g/mol. The van der Waals surface area contributed by atoms with Crippen LogP contribution in [0.1, 0.15) is 46.6 Å². The van der Waals surface area contributed by atoms with E-state index in [1.807, 2.05) is 0 Å². The van der Waals surface area contributed by atoms with Crippen LogP contribution in [0.2, 0.25) is 0 Å². The van der Waals surface area contributed by atoms with Gasteiger partial charge in [-0.3, -0.25) is 0 Å². The molecule has 0 amide bonds. The number of hydrogen-bond acceptors (Lipinski definition) is 3. The quantitative estimate of drug-likeness (QED) is 0.931. The third-order valence-electron chi connectivity index (χ3n) is 4.81. The number of hydrogen-bond donors (Lipinski definition) is 1. The van der Waals surface area contributed by atoms with Crippen LogP contribution in [0.5, 0.6) is 0 Å². The minimum absolute atomic E-state index is 0.179. The van der Waals surface area contributed by atoms with Gasteiger partial charge in [0.1, 0.15) is 0 Å². The van der Waals surface area contributed by atoms with Crippen LogP contribution in [0.3, 0.4) is 0 Å². The molecule has 3 nitrogen and oxygen atoms in total. The van der Waals surface area contributed by atoms with Crippen molar-refractivity contribution in [1.82, 2.24) is 5.32 Å². The van der Waals surface area contributed by atoms with Crippen LogP contribution < -0.4 is 5.32 Å². The molecule has 23 heavy (non-hydrogen) atoms. The summed E-state index contributed by atoms with van der Waals surface area (Å²) in [6.45, 7) is 4.44. The van der Waals surface area contributed by atoms with E-state index < -0.39 is 0 Å². The van der Waals surface area contributed by atoms with Crippen molar-refractivity contribution in [2.24, 2.45) is 0 Å². The summed E-state index contributed by atoms with van der Waals surface area (Å²) in [5.74, 6) is 0. The Morgan fingerprint density at radius 2 is 1.83 bits per heavy atom. The predicted molar refractivity (Wildman–Crippen MR) is 90.2 cm³/mol. The van der Waals surface area contributed by atoms with E-state index in [4.69, 9.17) is 9.47 Å². The van der Waals surface area contributed by atoms with E-state index in [-0.39, 0.29) is 6.29 Å². The second-order valence-electron chi connectivity index (χ2n) is 6.49. The van der Waals surface area contributed by atoms with E-state index in [2.05, 4.69) is 54.7 Å². The fourth-order valence-corrected chi connectivity index (χ4v) is 3.52. The van der Waals surface area contributed by atoms with Gasteiger partial charge >= 0.3 is 0 Å². The van der Waals surface area contributed by atoms with E-state index >= 15 is 0 Å². The van der Waals surface area contributed by atoms with Gasteiger partial charge in [0.25, 0.3) is 0 Å². The molecule has 0 unspecified atom stereocenters. The lowest BCUT2D eigenvalue weighted by Gasteiger charge is -2.15. The molecule has 0 bridgehead atoms. The number of nitrogens with one attached hydrogen (secondary N) is 1. The van der Waals surface area contributed by atoms with Gasteiger partial charge in [0.2, 0.25) is 0 Å². The summed E-state index contributed by atoms with van der Waals surface area (Å²) < 4.78 is 11.1. The van der Waals surface area contributed by atoms with Gasteiger partial charge < -0.3 is 14.8 Å². The van der Waals surface area contributed by atoms with Gasteiger partial charge in [0.05, 0.1) is 13.2 Å². The van der Waals surface area contributed by atoms with Gasteiger partial charge in [0, 0.05) is 18.2 Å². The first-order chi connectivity index (χ1) is 11.3. The first-order valence-electron chi connectivity index (χ1n) is 8.44. The van der Waals surface area contributed by atoms with Gasteiger partial charge in [-0.05, 0) is 36.5 Å². The SMILES string of the molecule is Cc1ccc2c(c1)[C@@H](NCc1ccc(C3OCCO3)cc1)CC2. The van der Waals surface area contributed by atoms with Crippen LogP contribution in [-0.2, 0) is 22.4 Å². The van der Waals surface area contributed by atoms with Crippen molar-refractivity contribution >= 4 is 0 Å². The maximum Gasteiger partial charge on any atom is 0.184 e. The Kier molecular flexibility index (Phi) is 4.17. The van der Waals surface area contributed by atoms with Crippen molar-refractivity contribution < 1.29 is 9.47 Å². The van der Waals surface area contributed by atoms with Crippen molar-refractivity contribution in [2.45, 2.75) is 38.6 Å². The lowest BCUT2D eigenvalue weighted by molar-refractivity contribution is -0.0441. The van der Waals surface area contributed by atoms with Gasteiger partial charge in [0.15, 0.2) is 6.29 Å². The number of ether oxygens (including phenoxy) is 2. The molecule has 0 radical (unpaired) electrons. The number of aryl methyl sites for hydroxylation is 2. The molecule has 3 heteroatoms. The highest BCUT2D eigenvalue weighted by atomic mass is 16.7. The van der Waals surface area contributed by atoms with Crippen molar-refractivity contribution in [1.29, 1.82) is 0 Å². The maximum atomic E-state index is 5.53. The fourth-order valence-electron chi connectivity index (χ4n) is 3.52. The van der Waals surface area contributed by atoms with E-state index in [1.165, 1.54) is 35.1 Å². The minimum Gasteiger partial charge on any atom is -0.346 e. The second kappa shape index (κ2) is 6.44. The average molecular weight is 309 g/mol. The summed E-state index contributed by atoms with van der Waals surface area (Å²) in [5, 5.41) is 3.71. The third kappa shape index (κ3) is 3.18. The van der Waals surface area contributed by atoms with Crippen molar-refractivity contribution in [3.05, 3.63) is 70.3 Å². The Balaban J connectivity index is 1.39. The van der Waals surface area contributed by atoms with Crippen LogP contribution in [0.4, 0.5) is 0 Å². The van der Waals surface area contributed by atoms with Crippen molar-refractivity contribution in [2.75, 3.05) is 13.2 Å². The Hall–Kier alpha value is -1.68. The highest BCUT2D eigenvalue weighted by Gasteiger charge is 2.22. The van der Waals surface area contributed by atoms with Gasteiger partial charge in [-0.1, -0.05) is 48.0 Å². The predicted octanol–water partition coefficient (Wildman–Crippen LogP) is 3.82. The minimum atomic E-state index is -0.179. The summed E-state index contributed by atoms with van der Waals surface area (Å²) in [6, 6.07) is 15.9. The fraction of sp³-hybridized carbons (Fsp3) is 0.400. The average Bonchev–Trinajstić information content (AvgIpc) is 3.23. The molecule has 2 aromatic rings. The van der Waals surface area contributed by atoms with E-state index in [1.54, 1.807) is 0 Å². The molecular formula is C20H23NO2. The summed E-state index contributed by atoms with van der Waals surface area (Å²) in [5.41, 5.74) is 6.73. The van der Waals surface area contributed by atoms with E-state index in [9.17, 15) is 0 Å². The highest BCUT2D eigenvalue weighted by molar-refractivity contribution is 5.37. The molecule has 1 heterocycles. The Morgan fingerprint density at radius 1 is 1.04 bits per heavy atom. The smallest absolute Gasteiger partial charge is 0.184 e. The molecule has 0 aromatic heterocycles. The molecule has 2 aromatic carbocycles. The van der Waals surface area contributed by atoms with E-state index in [0.717, 1.165) is 12.1 Å². The summed E-state index contributed by atoms with van der Waals surface area (Å²) in [7, 11) is 0. The molecule has 1 N–H and O–H groups in total. The first-order valence-corrected chi connectivity index (χ1v) is 8.44. The summed E-state index contributed by atoms with van der Waals surface area (Å²) in [6.07, 6.45) is 2.20. The normalized spacial score (nSPS) is 20.8. The molecule has 1 aliphatic heterocycles. The second-order valence-corrected chi connectivity index (χ2v) is 6.49. The molecule has 120 valence electrons. The molecule has 1 saturated heterocycles. The number of fused-ring (bicyclic) bond motifs is 1. The lowest BCUT2D eigenvalue weighted by atomic mass is 10.0. The van der Waals surface area contributed by atoms with Crippen molar-refractivity contribution in [3.8, 4) is 0 Å². The topological polar surface area (TPSA) is 30.5 Å². The highest BCUT2D eigenvalue weighted by Crippen LogP contribution is 2.32.